The summed E-state index contributed by atoms with van der Waals surface area (Å²) in [4.78, 5) is 32.6. The monoisotopic (exact) mass is 921 g/mol. The SMILES string of the molecule is CN1CCC(N2CCC(n3nc(-c4ccc(Oc5ccccc5)cc4)c4c(N)ncnc43)C2)CC1.Nc1ncnc2c1c(-c1ccc(Oc3ccccc3)cc1)nn2C1CCN(Cc2ncc[nH]2)C1. The molecular weight excluding hydrogens is 867 g/mol. The number of para-hydroxylation sites is 2. The van der Waals surface area contributed by atoms with E-state index in [9.17, 15) is 0 Å². The average molecular weight is 922 g/mol. The van der Waals surface area contributed by atoms with Crippen LogP contribution in [0, 0.1) is 0 Å². The van der Waals surface area contributed by atoms with Crippen LogP contribution in [-0.2, 0) is 6.54 Å². The smallest absolute Gasteiger partial charge is 0.164 e. The fourth-order valence-electron chi connectivity index (χ4n) is 9.93. The highest BCUT2D eigenvalue weighted by atomic mass is 16.5. The first-order chi connectivity index (χ1) is 33.9. The minimum absolute atomic E-state index is 0.196. The number of nitrogens with two attached hydrogens (primary N) is 2. The van der Waals surface area contributed by atoms with Crippen LogP contribution in [0.2, 0.25) is 0 Å². The van der Waals surface area contributed by atoms with E-state index in [2.05, 4.69) is 56.3 Å². The van der Waals surface area contributed by atoms with Gasteiger partial charge in [-0.25, -0.2) is 34.3 Å². The second-order valence-electron chi connectivity index (χ2n) is 18.1. The Balaban J connectivity index is 0.000000151. The molecule has 5 N–H and O–H groups in total. The van der Waals surface area contributed by atoms with Crippen molar-refractivity contribution in [3.05, 3.63) is 140 Å². The normalized spacial score (nSPS) is 18.2. The molecule has 0 bridgehead atoms. The number of anilines is 2. The van der Waals surface area contributed by atoms with Crippen LogP contribution in [0.3, 0.4) is 0 Å². The lowest BCUT2D eigenvalue weighted by molar-refractivity contribution is 0.140. The highest BCUT2D eigenvalue weighted by Gasteiger charge is 2.33. The van der Waals surface area contributed by atoms with E-state index in [4.69, 9.17) is 31.1 Å². The molecule has 3 aliphatic rings. The predicted molar refractivity (Wildman–Crippen MR) is 267 cm³/mol. The summed E-state index contributed by atoms with van der Waals surface area (Å²) in [7, 11) is 2.21. The molecule has 3 aliphatic heterocycles. The molecule has 3 fully saturated rings. The second-order valence-corrected chi connectivity index (χ2v) is 18.1. The van der Waals surface area contributed by atoms with Crippen LogP contribution in [-0.4, -0.2) is 117 Å². The largest absolute Gasteiger partial charge is 0.457 e. The number of nitrogens with one attached hydrogen (secondary N) is 1. The molecule has 17 heteroatoms. The summed E-state index contributed by atoms with van der Waals surface area (Å²) in [6.45, 7) is 7.07. The maximum absolute atomic E-state index is 6.35. The van der Waals surface area contributed by atoms with E-state index in [1.165, 1.54) is 32.3 Å². The van der Waals surface area contributed by atoms with Gasteiger partial charge in [-0.2, -0.15) is 10.2 Å². The topological polar surface area (TPSA) is 196 Å². The Morgan fingerprint density at radius 2 is 1.04 bits per heavy atom. The lowest BCUT2D eigenvalue weighted by Gasteiger charge is -2.35. The lowest BCUT2D eigenvalue weighted by atomic mass is 10.0. The third kappa shape index (κ3) is 9.44. The van der Waals surface area contributed by atoms with Gasteiger partial charge in [0.1, 0.15) is 64.5 Å². The summed E-state index contributed by atoms with van der Waals surface area (Å²) >= 11 is 0. The van der Waals surface area contributed by atoms with Gasteiger partial charge in [-0.05, 0) is 119 Å². The number of H-pyrrole nitrogens is 1. The fourth-order valence-corrected chi connectivity index (χ4v) is 9.93. The number of rotatable bonds is 11. The zero-order valence-electron chi connectivity index (χ0n) is 38.5. The molecule has 9 aromatic rings. The highest BCUT2D eigenvalue weighted by Crippen LogP contribution is 2.37. The van der Waals surface area contributed by atoms with Gasteiger partial charge >= 0.3 is 0 Å². The van der Waals surface area contributed by atoms with E-state index in [0.29, 0.717) is 17.7 Å². The van der Waals surface area contributed by atoms with Gasteiger partial charge in [0, 0.05) is 55.7 Å². The van der Waals surface area contributed by atoms with Gasteiger partial charge in [-0.15, -0.1) is 0 Å². The number of imidazole rings is 1. The molecule has 0 saturated carbocycles. The molecule has 0 amide bonds. The van der Waals surface area contributed by atoms with E-state index in [-0.39, 0.29) is 12.1 Å². The number of nitrogens with zero attached hydrogens (tertiary/aromatic N) is 12. The minimum atomic E-state index is 0.196. The van der Waals surface area contributed by atoms with E-state index in [1.54, 1.807) is 12.5 Å². The molecule has 0 spiro atoms. The summed E-state index contributed by atoms with van der Waals surface area (Å²) in [6.07, 6.45) is 11.2. The number of fused-ring (bicyclic) bond motifs is 2. The van der Waals surface area contributed by atoms with Crippen molar-refractivity contribution in [3.63, 3.8) is 0 Å². The predicted octanol–water partition coefficient (Wildman–Crippen LogP) is 8.25. The van der Waals surface area contributed by atoms with Gasteiger partial charge in [-0.1, -0.05) is 36.4 Å². The third-order valence-corrected chi connectivity index (χ3v) is 13.5. The number of piperidine rings is 1. The number of likely N-dealkylation sites (tertiary alicyclic amines) is 3. The molecule has 17 nitrogen and oxygen atoms in total. The summed E-state index contributed by atoms with van der Waals surface area (Å²) in [5, 5.41) is 11.7. The van der Waals surface area contributed by atoms with Crippen molar-refractivity contribution >= 4 is 33.7 Å². The van der Waals surface area contributed by atoms with Crippen molar-refractivity contribution in [3.8, 4) is 45.5 Å². The van der Waals surface area contributed by atoms with Crippen LogP contribution in [0.1, 0.15) is 43.6 Å². The maximum Gasteiger partial charge on any atom is 0.164 e. The fraction of sp³-hybridized carbons (Fsp3) is 0.288. The van der Waals surface area contributed by atoms with Gasteiger partial charge < -0.3 is 30.8 Å². The van der Waals surface area contributed by atoms with Gasteiger partial charge in [-0.3, -0.25) is 9.80 Å². The molecule has 69 heavy (non-hydrogen) atoms. The van der Waals surface area contributed by atoms with Crippen LogP contribution >= 0.6 is 0 Å². The number of aromatic amines is 1. The third-order valence-electron chi connectivity index (χ3n) is 13.5. The van der Waals surface area contributed by atoms with E-state index in [1.807, 2.05) is 120 Å². The van der Waals surface area contributed by atoms with Crippen molar-refractivity contribution in [1.29, 1.82) is 0 Å². The summed E-state index contributed by atoms with van der Waals surface area (Å²) in [6, 6.07) is 36.5. The molecular formula is C52H55N15O2. The Morgan fingerprint density at radius 1 is 0.551 bits per heavy atom. The van der Waals surface area contributed by atoms with Crippen LogP contribution in [0.5, 0.6) is 23.0 Å². The standard InChI is InChI=1S/C27H31N7O.C25H24N8O/c1-32-14-11-20(12-15-32)33-16-13-21(17-33)34-27-24(26(28)29-18-30-27)25(31-34)19-7-9-23(10-8-19)35-22-5-3-2-4-6-22;26-24-22-23(17-6-8-20(9-7-17)34-19-4-2-1-3-5-19)31-33(25(22)30-16-29-24)18-10-13-32(14-18)15-21-27-11-12-28-21/h2-10,18,20-21H,11-17H2,1H3,(H2,28,29,30);1-9,11-12,16,18H,10,13-15H2,(H,27,28)(H2,26,29,30). The molecule has 8 heterocycles. The molecule has 5 aromatic heterocycles. The Hall–Kier alpha value is -7.73. The average Bonchev–Trinajstić information content (AvgIpc) is 4.25. The molecule has 12 rings (SSSR count). The summed E-state index contributed by atoms with van der Waals surface area (Å²) in [5.41, 5.74) is 17.7. The molecule has 350 valence electrons. The maximum atomic E-state index is 6.35. The second kappa shape index (κ2) is 19.5. The van der Waals surface area contributed by atoms with E-state index >= 15 is 0 Å². The first-order valence-corrected chi connectivity index (χ1v) is 23.7. The zero-order valence-corrected chi connectivity index (χ0v) is 38.5. The van der Waals surface area contributed by atoms with Gasteiger partial charge in [0.05, 0.1) is 29.4 Å². The van der Waals surface area contributed by atoms with E-state index in [0.717, 1.165) is 119 Å². The zero-order chi connectivity index (χ0) is 46.7. The molecule has 4 aromatic carbocycles. The Kier molecular flexibility index (Phi) is 12.4. The molecule has 2 atom stereocenters. The molecule has 0 aliphatic carbocycles. The van der Waals surface area contributed by atoms with Crippen molar-refractivity contribution in [1.82, 2.24) is 64.2 Å². The quantitative estimate of drug-likeness (QED) is 0.112. The van der Waals surface area contributed by atoms with Gasteiger partial charge in [0.15, 0.2) is 11.3 Å². The van der Waals surface area contributed by atoms with Crippen molar-refractivity contribution in [2.45, 2.75) is 50.4 Å². The Labute approximate surface area is 399 Å². The summed E-state index contributed by atoms with van der Waals surface area (Å²) < 4.78 is 16.0. The van der Waals surface area contributed by atoms with Crippen LogP contribution in [0.25, 0.3) is 44.6 Å². The number of benzene rings is 4. The summed E-state index contributed by atoms with van der Waals surface area (Å²) in [5.74, 6) is 5.00. The number of nitrogen functional groups attached to an aromatic ring is 2. The van der Waals surface area contributed by atoms with Crippen molar-refractivity contribution < 1.29 is 9.47 Å². The van der Waals surface area contributed by atoms with Crippen molar-refractivity contribution in [2.75, 3.05) is 57.8 Å². The number of ether oxygens (including phenoxy) is 2. The lowest BCUT2D eigenvalue weighted by Crippen LogP contribution is -2.42. The Morgan fingerprint density at radius 3 is 1.57 bits per heavy atom. The minimum Gasteiger partial charge on any atom is -0.457 e. The van der Waals surface area contributed by atoms with Crippen LogP contribution in [0.4, 0.5) is 11.6 Å². The number of hydrogen-bond donors (Lipinski definition) is 3. The van der Waals surface area contributed by atoms with Gasteiger partial charge in [0.2, 0.25) is 0 Å². The first kappa shape index (κ1) is 43.8. The van der Waals surface area contributed by atoms with Crippen molar-refractivity contribution in [2.24, 2.45) is 0 Å². The van der Waals surface area contributed by atoms with E-state index < -0.39 is 0 Å². The highest BCUT2D eigenvalue weighted by molar-refractivity contribution is 5.99. The van der Waals surface area contributed by atoms with Crippen LogP contribution in [0.15, 0.2) is 134 Å². The molecule has 0 radical (unpaired) electrons. The number of hydrogen-bond acceptors (Lipinski definition) is 14. The van der Waals surface area contributed by atoms with Crippen LogP contribution < -0.4 is 20.9 Å². The Bertz CT molecular complexity index is 3120. The molecule has 3 saturated heterocycles. The van der Waals surface area contributed by atoms with Gasteiger partial charge in [0.25, 0.3) is 0 Å². The molecule has 2 unspecified atom stereocenters. The number of aromatic nitrogens is 10. The first-order valence-electron chi connectivity index (χ1n) is 23.7.